The van der Waals surface area contributed by atoms with E-state index in [1.54, 1.807) is 52.7 Å². The van der Waals surface area contributed by atoms with Gasteiger partial charge in [0, 0.05) is 148 Å². The number of nitrogens with zero attached hydrogens (tertiary/aromatic N) is 4. The maximum atomic E-state index is 12.3. The fourth-order valence-corrected chi connectivity index (χ4v) is 15.7. The molecule has 0 saturated carbocycles. The van der Waals surface area contributed by atoms with Gasteiger partial charge in [-0.1, -0.05) is 102 Å². The number of carbonyl (C=O) groups is 4. The van der Waals surface area contributed by atoms with Crippen LogP contribution in [0.2, 0.25) is 20.1 Å². The molecule has 4 aliphatic heterocycles. The number of benzene rings is 4. The Kier molecular flexibility index (Phi) is 27.8. The number of aromatic carboxylic acids is 4. The van der Waals surface area contributed by atoms with Gasteiger partial charge in [0.15, 0.2) is 21.7 Å². The smallest absolute Gasteiger partial charge is 0.341 e. The van der Waals surface area contributed by atoms with Gasteiger partial charge >= 0.3 is 23.9 Å². The molecule has 8 atom stereocenters. The predicted octanol–water partition coefficient (Wildman–Crippen LogP) is 15.8. The van der Waals surface area contributed by atoms with Crippen molar-refractivity contribution in [3.05, 3.63) is 203 Å². The third kappa shape index (κ3) is 17.3. The summed E-state index contributed by atoms with van der Waals surface area (Å²) >= 11 is 25.6. The minimum atomic E-state index is -1.22. The number of carboxylic acids is 4. The second-order valence-electron chi connectivity index (χ2n) is 26.5. The lowest BCUT2D eigenvalue weighted by molar-refractivity contribution is 0.0683. The second-order valence-corrected chi connectivity index (χ2v) is 28.1. The number of ether oxygens (including phenoxy) is 8. The summed E-state index contributed by atoms with van der Waals surface area (Å²) in [5.41, 5.74) is 7.17. The van der Waals surface area contributed by atoms with E-state index in [4.69, 9.17) is 84.3 Å². The van der Waals surface area contributed by atoms with E-state index in [-0.39, 0.29) is 70.1 Å². The number of fused-ring (bicyclic) bond motifs is 12. The number of methoxy groups -OCH3 is 4. The van der Waals surface area contributed by atoms with Crippen molar-refractivity contribution in [2.75, 3.05) is 81.3 Å². The molecule has 108 heavy (non-hydrogen) atoms. The average Bonchev–Trinajstić information content (AvgIpc) is 0.762. The van der Waals surface area contributed by atoms with Gasteiger partial charge in [0.05, 0.1) is 69.3 Å². The standard InChI is InChI=1S/4C20H22ClNO5/c4*1-4-16-11(2)12-8-19(27-6-5-26-3)15(21)7-13(12)17-9-18(23)14(20(24)25)10-22(16)17/h4*7-11,16H,4-6H2,1-3H3,(H,24,25)/t2*11-,16+;2*11-,16-/m1010/s1. The number of hydrogen-bond donors (Lipinski definition) is 4. The lowest BCUT2D eigenvalue weighted by atomic mass is 9.83. The monoisotopic (exact) mass is 1560 g/mol. The molecule has 576 valence electrons. The number of rotatable bonds is 24. The molecule has 8 heterocycles. The predicted molar refractivity (Wildman–Crippen MR) is 413 cm³/mol. The first kappa shape index (κ1) is 82.8. The summed E-state index contributed by atoms with van der Waals surface area (Å²) in [6, 6.07) is 20.5. The quantitative estimate of drug-likeness (QED) is 0.0408. The van der Waals surface area contributed by atoms with Crippen LogP contribution in [-0.4, -0.2) is 144 Å². The molecule has 0 aliphatic carbocycles. The Bertz CT molecular complexity index is 4360. The Hall–Kier alpha value is -9.24. The van der Waals surface area contributed by atoms with Gasteiger partial charge in [0.1, 0.15) is 71.7 Å². The van der Waals surface area contributed by atoms with Crippen molar-refractivity contribution in [3.63, 3.8) is 0 Å². The molecule has 0 spiro atoms. The first-order chi connectivity index (χ1) is 51.5. The highest BCUT2D eigenvalue weighted by Gasteiger charge is 2.37. The van der Waals surface area contributed by atoms with Crippen LogP contribution in [0.15, 0.2) is 117 Å². The van der Waals surface area contributed by atoms with E-state index in [1.807, 2.05) is 70.2 Å². The highest BCUT2D eigenvalue weighted by molar-refractivity contribution is 6.33. The molecule has 4 aromatic heterocycles. The molecule has 12 rings (SSSR count). The highest BCUT2D eigenvalue weighted by atomic mass is 35.5. The SMILES string of the molecule is CC[C@@H]1[C@@H](C)c2cc(OCCOC)c(Cl)cc2-c2cc(=O)c(C(=O)O)cn21.CC[C@@H]1[C@H](C)c2cc(OCCOC)c(Cl)cc2-c2cc(=O)c(C(=O)O)cn21.CC[C@H]1[C@@H](C)c2cc(OCCOC)c(Cl)cc2-c2cc(=O)c(C(=O)O)cn21.CC[C@H]1[C@H](C)c2cc(OCCOC)c(Cl)cc2-c2cc(=O)c(C(=O)O)cn21. The fraction of sp³-hybridized carbons (Fsp3) is 0.400. The molecule has 28 heteroatoms. The summed E-state index contributed by atoms with van der Waals surface area (Å²) in [4.78, 5) is 94.7. The molecular formula is C80H88Cl4N4O20. The molecule has 0 bridgehead atoms. The number of hydrogen-bond acceptors (Lipinski definition) is 16. The molecule has 0 amide bonds. The van der Waals surface area contributed by atoms with E-state index in [2.05, 4.69) is 27.7 Å². The molecule has 8 aromatic rings. The van der Waals surface area contributed by atoms with Crippen molar-refractivity contribution in [1.29, 1.82) is 0 Å². The third-order valence-electron chi connectivity index (χ3n) is 20.3. The van der Waals surface area contributed by atoms with Crippen LogP contribution in [0.1, 0.15) is 193 Å². The van der Waals surface area contributed by atoms with Gasteiger partial charge in [-0.25, -0.2) is 19.2 Å². The maximum Gasteiger partial charge on any atom is 0.341 e. The van der Waals surface area contributed by atoms with Crippen molar-refractivity contribution in [2.24, 2.45) is 0 Å². The summed E-state index contributed by atoms with van der Waals surface area (Å²) in [7, 11) is 6.41. The average molecular weight is 1570 g/mol. The molecule has 4 aromatic carbocycles. The summed E-state index contributed by atoms with van der Waals surface area (Å²) in [5.74, 6) is -2.17. The second kappa shape index (κ2) is 36.3. The van der Waals surface area contributed by atoms with E-state index in [1.165, 1.54) is 49.1 Å². The van der Waals surface area contributed by atoms with Crippen molar-refractivity contribution in [3.8, 4) is 68.0 Å². The van der Waals surface area contributed by atoms with Gasteiger partial charge in [-0.05, 0) is 96.5 Å². The van der Waals surface area contributed by atoms with Crippen LogP contribution in [0, 0.1) is 0 Å². The zero-order valence-corrected chi connectivity index (χ0v) is 65.0. The Morgan fingerprint density at radius 3 is 0.667 bits per heavy atom. The van der Waals surface area contributed by atoms with Gasteiger partial charge in [-0.2, -0.15) is 0 Å². The lowest BCUT2D eigenvalue weighted by Crippen LogP contribution is -2.27. The molecular weight excluding hydrogens is 1480 g/mol. The van der Waals surface area contributed by atoms with E-state index in [0.29, 0.717) is 119 Å². The minimum Gasteiger partial charge on any atom is -0.490 e. The van der Waals surface area contributed by atoms with Crippen LogP contribution in [0.25, 0.3) is 45.0 Å². The number of pyridine rings is 4. The summed E-state index contributed by atoms with van der Waals surface area (Å²) in [5, 5.41) is 39.0. The molecule has 24 nitrogen and oxygen atoms in total. The first-order valence-corrected chi connectivity index (χ1v) is 36.9. The van der Waals surface area contributed by atoms with Gasteiger partial charge in [-0.15, -0.1) is 0 Å². The topological polar surface area (TPSA) is 311 Å². The Morgan fingerprint density at radius 1 is 0.324 bits per heavy atom. The van der Waals surface area contributed by atoms with Gasteiger partial charge in [-0.3, -0.25) is 19.2 Å². The van der Waals surface area contributed by atoms with Gasteiger partial charge in [0.25, 0.3) is 0 Å². The van der Waals surface area contributed by atoms with Crippen LogP contribution in [0.4, 0.5) is 0 Å². The molecule has 0 fully saturated rings. The number of carboxylic acid groups (broad SMARTS) is 4. The zero-order valence-electron chi connectivity index (χ0n) is 62.0. The van der Waals surface area contributed by atoms with E-state index >= 15 is 0 Å². The third-order valence-corrected chi connectivity index (χ3v) is 21.5. The lowest BCUT2D eigenvalue weighted by Gasteiger charge is -2.35. The number of aromatic nitrogens is 4. The van der Waals surface area contributed by atoms with Crippen LogP contribution in [-0.2, 0) is 18.9 Å². The van der Waals surface area contributed by atoms with Crippen molar-refractivity contribution >= 4 is 70.3 Å². The van der Waals surface area contributed by atoms with Gasteiger partial charge < -0.3 is 76.6 Å². The maximum absolute atomic E-state index is 12.3. The first-order valence-electron chi connectivity index (χ1n) is 35.3. The van der Waals surface area contributed by atoms with Gasteiger partial charge in [0.2, 0.25) is 0 Å². The summed E-state index contributed by atoms with van der Waals surface area (Å²) in [6.45, 7) is 19.9. The van der Waals surface area contributed by atoms with Crippen molar-refractivity contribution in [1.82, 2.24) is 18.3 Å². The zero-order chi connectivity index (χ0) is 78.9. The van der Waals surface area contributed by atoms with Crippen LogP contribution < -0.4 is 40.7 Å². The molecule has 4 aliphatic rings. The molecule has 0 unspecified atom stereocenters. The minimum absolute atomic E-state index is 0.0270. The Labute approximate surface area is 643 Å². The normalized spacial score (nSPS) is 17.9. The number of halogens is 4. The Balaban J connectivity index is 0.000000166. The largest absolute Gasteiger partial charge is 0.490 e. The summed E-state index contributed by atoms with van der Waals surface area (Å²) < 4.78 is 50.5. The summed E-state index contributed by atoms with van der Waals surface area (Å²) in [6.07, 6.45) is 8.95. The molecule has 0 saturated heterocycles. The van der Waals surface area contributed by atoms with Crippen LogP contribution in [0.5, 0.6) is 23.0 Å². The van der Waals surface area contributed by atoms with E-state index in [0.717, 1.165) is 70.2 Å². The highest BCUT2D eigenvalue weighted by Crippen LogP contribution is 2.51. The van der Waals surface area contributed by atoms with Crippen molar-refractivity contribution in [2.45, 2.75) is 129 Å². The van der Waals surface area contributed by atoms with E-state index in [9.17, 15) is 58.8 Å². The molecule has 4 N–H and O–H groups in total. The molecule has 0 radical (unpaired) electrons. The Morgan fingerprint density at radius 2 is 0.509 bits per heavy atom. The van der Waals surface area contributed by atoms with Crippen LogP contribution >= 0.6 is 46.4 Å². The van der Waals surface area contributed by atoms with E-state index < -0.39 is 45.6 Å². The van der Waals surface area contributed by atoms with Crippen molar-refractivity contribution < 1.29 is 77.5 Å². The fourth-order valence-electron chi connectivity index (χ4n) is 14.8. The van der Waals surface area contributed by atoms with Crippen LogP contribution in [0.3, 0.4) is 0 Å².